The number of aliphatic carboxylic acids is 1. The van der Waals surface area contributed by atoms with E-state index in [4.69, 9.17) is 5.11 Å². The first-order chi connectivity index (χ1) is 5.77. The predicted molar refractivity (Wildman–Crippen MR) is 50.2 cm³/mol. The van der Waals surface area contributed by atoms with Crippen LogP contribution >= 0.6 is 0 Å². The normalized spacial score (nSPS) is 9.31. The van der Waals surface area contributed by atoms with E-state index in [0.29, 0.717) is 6.42 Å². The maximum Gasteiger partial charge on any atom is 0.303 e. The largest absolute Gasteiger partial charge is 0.481 e. The van der Waals surface area contributed by atoms with Crippen LogP contribution in [0, 0.1) is 0 Å². The van der Waals surface area contributed by atoms with Gasteiger partial charge in [0.05, 0.1) is 0 Å². The molecule has 1 N–H and O–H groups in total. The maximum absolute atomic E-state index is 10.1. The van der Waals surface area contributed by atoms with Gasteiger partial charge in [-0.05, 0) is 6.42 Å². The standard InChI is InChI=1S/C10H20O2.Hf/c1-2-3-4-5-6-7-8-9-10(11)12;/h2-9H2,1H3,(H,11,12);. The van der Waals surface area contributed by atoms with Crippen molar-refractivity contribution in [3.63, 3.8) is 0 Å². The van der Waals surface area contributed by atoms with Crippen molar-refractivity contribution in [3.8, 4) is 0 Å². The summed E-state index contributed by atoms with van der Waals surface area (Å²) in [6, 6.07) is 0. The average molecular weight is 351 g/mol. The molecule has 0 amide bonds. The Balaban J connectivity index is 0. The number of hydrogen-bond donors (Lipinski definition) is 1. The van der Waals surface area contributed by atoms with Gasteiger partial charge in [-0.25, -0.2) is 0 Å². The minimum absolute atomic E-state index is 0. The van der Waals surface area contributed by atoms with Gasteiger partial charge in [-0.2, -0.15) is 0 Å². The molecule has 0 aliphatic rings. The van der Waals surface area contributed by atoms with Gasteiger partial charge in [0, 0.05) is 32.3 Å². The molecular formula is C10H20HfO2. The number of unbranched alkanes of at least 4 members (excludes halogenated alkanes) is 6. The number of carbonyl (C=O) groups is 1. The fourth-order valence-electron chi connectivity index (χ4n) is 1.23. The van der Waals surface area contributed by atoms with E-state index < -0.39 is 5.97 Å². The Morgan fingerprint density at radius 3 is 1.92 bits per heavy atom. The molecule has 13 heavy (non-hydrogen) atoms. The number of rotatable bonds is 8. The molecule has 0 radical (unpaired) electrons. The van der Waals surface area contributed by atoms with Crippen molar-refractivity contribution in [1.29, 1.82) is 0 Å². The summed E-state index contributed by atoms with van der Waals surface area (Å²) in [5.74, 6) is -0.663. The van der Waals surface area contributed by atoms with E-state index in [9.17, 15) is 4.79 Å². The predicted octanol–water partition coefficient (Wildman–Crippen LogP) is 3.21. The summed E-state index contributed by atoms with van der Waals surface area (Å²) in [7, 11) is 0. The molecule has 2 nitrogen and oxygen atoms in total. The van der Waals surface area contributed by atoms with Crippen molar-refractivity contribution in [2.45, 2.75) is 58.3 Å². The number of carboxylic acids is 1. The molecule has 0 fully saturated rings. The van der Waals surface area contributed by atoms with E-state index in [0.717, 1.165) is 12.8 Å². The molecule has 0 aromatic carbocycles. The molecular weight excluding hydrogens is 331 g/mol. The Labute approximate surface area is 99.9 Å². The molecule has 0 aromatic heterocycles. The quantitative estimate of drug-likeness (QED) is 0.539. The number of hydrogen-bond acceptors (Lipinski definition) is 1. The summed E-state index contributed by atoms with van der Waals surface area (Å²) in [4.78, 5) is 10.1. The van der Waals surface area contributed by atoms with Gasteiger partial charge in [0.15, 0.2) is 0 Å². The van der Waals surface area contributed by atoms with Gasteiger partial charge in [-0.1, -0.05) is 45.4 Å². The first-order valence-electron chi connectivity index (χ1n) is 4.99. The Morgan fingerprint density at radius 1 is 1.00 bits per heavy atom. The zero-order valence-corrected chi connectivity index (χ0v) is 12.1. The van der Waals surface area contributed by atoms with Gasteiger partial charge in [-0.15, -0.1) is 0 Å². The van der Waals surface area contributed by atoms with Crippen LogP contribution in [-0.4, -0.2) is 11.1 Å². The van der Waals surface area contributed by atoms with Gasteiger partial charge in [-0.3, -0.25) is 4.79 Å². The van der Waals surface area contributed by atoms with Crippen LogP contribution in [0.4, 0.5) is 0 Å². The van der Waals surface area contributed by atoms with Gasteiger partial charge in [0.2, 0.25) is 0 Å². The zero-order chi connectivity index (χ0) is 9.23. The summed E-state index contributed by atoms with van der Waals surface area (Å²) in [5, 5.41) is 8.35. The van der Waals surface area contributed by atoms with E-state index in [2.05, 4.69) is 6.92 Å². The van der Waals surface area contributed by atoms with Crippen molar-refractivity contribution < 1.29 is 35.7 Å². The molecule has 0 spiro atoms. The van der Waals surface area contributed by atoms with Crippen LogP contribution in [0.25, 0.3) is 0 Å². The summed E-state index contributed by atoms with van der Waals surface area (Å²) in [5.41, 5.74) is 0. The van der Waals surface area contributed by atoms with E-state index in [1.807, 2.05) is 0 Å². The Bertz CT molecular complexity index is 115. The van der Waals surface area contributed by atoms with Gasteiger partial charge >= 0.3 is 5.97 Å². The van der Waals surface area contributed by atoms with Crippen molar-refractivity contribution in [1.82, 2.24) is 0 Å². The zero-order valence-electron chi connectivity index (χ0n) is 8.51. The van der Waals surface area contributed by atoms with Crippen molar-refractivity contribution in [3.05, 3.63) is 0 Å². The average Bonchev–Trinajstić information content (AvgIpc) is 2.02. The van der Waals surface area contributed by atoms with Crippen LogP contribution in [0.15, 0.2) is 0 Å². The van der Waals surface area contributed by atoms with Crippen molar-refractivity contribution in [2.24, 2.45) is 0 Å². The Kier molecular flexibility index (Phi) is 15.0. The summed E-state index contributed by atoms with van der Waals surface area (Å²) in [6.07, 6.45) is 8.64. The number of carboxylic acid groups (broad SMARTS) is 1. The van der Waals surface area contributed by atoms with Crippen molar-refractivity contribution >= 4 is 5.97 Å². The van der Waals surface area contributed by atoms with Crippen molar-refractivity contribution in [2.75, 3.05) is 0 Å². The molecule has 0 saturated heterocycles. The minimum Gasteiger partial charge on any atom is -0.481 e. The van der Waals surface area contributed by atoms with E-state index in [-0.39, 0.29) is 25.8 Å². The summed E-state index contributed by atoms with van der Waals surface area (Å²) in [6.45, 7) is 2.20. The maximum atomic E-state index is 10.1. The van der Waals surface area contributed by atoms with Crippen LogP contribution in [0.1, 0.15) is 58.3 Å². The Hall–Kier alpha value is 0.340. The third-order valence-corrected chi connectivity index (χ3v) is 1.99. The third kappa shape index (κ3) is 15.1. The monoisotopic (exact) mass is 352 g/mol. The molecule has 0 heterocycles. The second kappa shape index (κ2) is 12.3. The first kappa shape index (κ1) is 15.8. The van der Waals surface area contributed by atoms with Gasteiger partial charge in [0.25, 0.3) is 0 Å². The fraction of sp³-hybridized carbons (Fsp3) is 0.900. The molecule has 0 unspecified atom stereocenters. The summed E-state index contributed by atoms with van der Waals surface area (Å²) >= 11 is 0. The van der Waals surface area contributed by atoms with E-state index in [1.165, 1.54) is 32.1 Å². The fourth-order valence-corrected chi connectivity index (χ4v) is 1.23. The molecule has 0 aliphatic carbocycles. The molecule has 0 saturated carbocycles. The second-order valence-corrected chi connectivity index (χ2v) is 3.27. The van der Waals surface area contributed by atoms with Crippen LogP contribution in [0.2, 0.25) is 0 Å². The smallest absolute Gasteiger partial charge is 0.303 e. The topological polar surface area (TPSA) is 37.3 Å². The Morgan fingerprint density at radius 2 is 1.46 bits per heavy atom. The van der Waals surface area contributed by atoms with E-state index in [1.54, 1.807) is 0 Å². The second-order valence-electron chi connectivity index (χ2n) is 3.27. The SMILES string of the molecule is CCCCCCCCCC(=O)O.[Hf]. The minimum atomic E-state index is -0.663. The molecule has 0 rings (SSSR count). The van der Waals surface area contributed by atoms with Crippen LogP contribution < -0.4 is 0 Å². The molecule has 0 aromatic rings. The van der Waals surface area contributed by atoms with Crippen LogP contribution in [0.5, 0.6) is 0 Å². The third-order valence-electron chi connectivity index (χ3n) is 1.99. The van der Waals surface area contributed by atoms with Crippen LogP contribution in [-0.2, 0) is 30.6 Å². The van der Waals surface area contributed by atoms with Crippen LogP contribution in [0.3, 0.4) is 0 Å². The summed E-state index contributed by atoms with van der Waals surface area (Å²) < 4.78 is 0. The molecule has 76 valence electrons. The van der Waals surface area contributed by atoms with Gasteiger partial charge in [0.1, 0.15) is 0 Å². The molecule has 0 aliphatic heterocycles. The molecule has 0 bridgehead atoms. The molecule has 0 atom stereocenters. The van der Waals surface area contributed by atoms with Gasteiger partial charge < -0.3 is 5.11 Å². The molecule has 3 heteroatoms. The first-order valence-corrected chi connectivity index (χ1v) is 4.99. The van der Waals surface area contributed by atoms with E-state index >= 15 is 0 Å².